The van der Waals surface area contributed by atoms with Gasteiger partial charge in [-0.15, -0.1) is 0 Å². The maximum atomic E-state index is 12.7. The van der Waals surface area contributed by atoms with Crippen molar-refractivity contribution in [3.8, 4) is 0 Å². The molecule has 5 heteroatoms. The van der Waals surface area contributed by atoms with Crippen LogP contribution in [-0.2, 0) is 10.5 Å². The van der Waals surface area contributed by atoms with Gasteiger partial charge in [-0.2, -0.15) is 11.8 Å². The molecule has 0 aliphatic carbocycles. The fourth-order valence-electron chi connectivity index (χ4n) is 0.960. The van der Waals surface area contributed by atoms with Crippen molar-refractivity contribution in [2.24, 2.45) is 5.92 Å². The Hall–Kier alpha value is -1.10. The van der Waals surface area contributed by atoms with Gasteiger partial charge in [0.2, 0.25) is 0 Å². The first kappa shape index (κ1) is 12.0. The van der Waals surface area contributed by atoms with Gasteiger partial charge in [-0.1, -0.05) is 6.92 Å². The van der Waals surface area contributed by atoms with E-state index >= 15 is 0 Å². The minimum atomic E-state index is -0.806. The van der Waals surface area contributed by atoms with E-state index < -0.39 is 5.97 Å². The fourth-order valence-corrected chi connectivity index (χ4v) is 1.97. The molecule has 1 N–H and O–H groups in total. The summed E-state index contributed by atoms with van der Waals surface area (Å²) in [6, 6.07) is 1.41. The maximum absolute atomic E-state index is 12.7. The van der Waals surface area contributed by atoms with Crippen LogP contribution in [-0.4, -0.2) is 21.8 Å². The lowest BCUT2D eigenvalue weighted by Gasteiger charge is -2.05. The number of hydrogen-bond donors (Lipinski definition) is 1. The smallest absolute Gasteiger partial charge is 0.307 e. The average molecular weight is 229 g/mol. The molecule has 0 saturated heterocycles. The maximum Gasteiger partial charge on any atom is 0.307 e. The first-order chi connectivity index (χ1) is 7.09. The number of halogens is 1. The highest BCUT2D eigenvalue weighted by molar-refractivity contribution is 7.98. The Kier molecular flexibility index (Phi) is 4.55. The van der Waals surface area contributed by atoms with Crippen molar-refractivity contribution in [2.45, 2.75) is 12.7 Å². The van der Waals surface area contributed by atoms with Crippen molar-refractivity contribution in [3.05, 3.63) is 29.8 Å². The van der Waals surface area contributed by atoms with E-state index in [-0.39, 0.29) is 11.7 Å². The van der Waals surface area contributed by atoms with Gasteiger partial charge < -0.3 is 5.11 Å². The summed E-state index contributed by atoms with van der Waals surface area (Å²) in [6.45, 7) is 1.65. The third kappa shape index (κ3) is 4.29. The van der Waals surface area contributed by atoms with Gasteiger partial charge >= 0.3 is 5.97 Å². The molecule has 0 amide bonds. The summed E-state index contributed by atoms with van der Waals surface area (Å²) in [5.41, 5.74) is 0.776. The predicted octanol–water partition coefficient (Wildman–Crippen LogP) is 2.17. The van der Waals surface area contributed by atoms with E-state index in [1.807, 2.05) is 0 Å². The molecule has 0 radical (unpaired) electrons. The number of hydrogen-bond acceptors (Lipinski definition) is 3. The number of carboxylic acids is 1. The Morgan fingerprint density at radius 3 is 3.00 bits per heavy atom. The summed E-state index contributed by atoms with van der Waals surface area (Å²) in [7, 11) is 0. The number of carbonyl (C=O) groups is 1. The van der Waals surface area contributed by atoms with E-state index in [0.29, 0.717) is 11.5 Å². The van der Waals surface area contributed by atoms with Gasteiger partial charge in [-0.05, 0) is 11.6 Å². The molecule has 0 aromatic carbocycles. The lowest BCUT2D eigenvalue weighted by atomic mass is 10.2. The summed E-state index contributed by atoms with van der Waals surface area (Å²) < 4.78 is 12.7. The minimum Gasteiger partial charge on any atom is -0.481 e. The molecule has 0 bridgehead atoms. The van der Waals surface area contributed by atoms with Crippen LogP contribution in [0.1, 0.15) is 12.5 Å². The molecule has 15 heavy (non-hydrogen) atoms. The van der Waals surface area contributed by atoms with Crippen LogP contribution >= 0.6 is 11.8 Å². The van der Waals surface area contributed by atoms with E-state index in [0.717, 1.165) is 11.8 Å². The molecule has 1 rings (SSSR count). The van der Waals surface area contributed by atoms with E-state index in [9.17, 15) is 9.18 Å². The molecule has 0 fully saturated rings. The zero-order valence-electron chi connectivity index (χ0n) is 8.31. The highest BCUT2D eigenvalue weighted by Gasteiger charge is 2.10. The van der Waals surface area contributed by atoms with E-state index in [1.54, 1.807) is 13.1 Å². The normalized spacial score (nSPS) is 12.4. The van der Waals surface area contributed by atoms with Crippen molar-refractivity contribution in [2.75, 3.05) is 5.75 Å². The van der Waals surface area contributed by atoms with Crippen LogP contribution in [0.3, 0.4) is 0 Å². The molecule has 1 atom stereocenters. The van der Waals surface area contributed by atoms with Crippen molar-refractivity contribution in [1.29, 1.82) is 0 Å². The molecule has 0 saturated carbocycles. The highest BCUT2D eigenvalue weighted by atomic mass is 32.2. The number of aliphatic carboxylic acids is 1. The molecule has 1 aromatic heterocycles. The van der Waals surface area contributed by atoms with Crippen molar-refractivity contribution >= 4 is 17.7 Å². The predicted molar refractivity (Wildman–Crippen MR) is 57.2 cm³/mol. The van der Waals surface area contributed by atoms with Gasteiger partial charge in [0.1, 0.15) is 5.82 Å². The first-order valence-corrected chi connectivity index (χ1v) is 5.65. The van der Waals surface area contributed by atoms with Crippen LogP contribution in [0.25, 0.3) is 0 Å². The van der Waals surface area contributed by atoms with E-state index in [1.165, 1.54) is 17.8 Å². The summed E-state index contributed by atoms with van der Waals surface area (Å²) in [4.78, 5) is 14.2. The molecule has 1 aromatic rings. The Labute approximate surface area is 91.7 Å². The lowest BCUT2D eigenvalue weighted by Crippen LogP contribution is -2.11. The second-order valence-electron chi connectivity index (χ2n) is 3.27. The molecule has 3 nitrogen and oxygen atoms in total. The summed E-state index contributed by atoms with van der Waals surface area (Å²) in [5.74, 6) is -0.440. The van der Waals surface area contributed by atoms with Crippen molar-refractivity contribution in [1.82, 2.24) is 4.98 Å². The van der Waals surface area contributed by atoms with Gasteiger partial charge in [-0.25, -0.2) is 4.39 Å². The number of carboxylic acid groups (broad SMARTS) is 1. The topological polar surface area (TPSA) is 50.2 Å². The average Bonchev–Trinajstić information content (AvgIpc) is 2.17. The Morgan fingerprint density at radius 1 is 1.67 bits per heavy atom. The van der Waals surface area contributed by atoms with Crippen LogP contribution < -0.4 is 0 Å². The van der Waals surface area contributed by atoms with Crippen molar-refractivity contribution in [3.63, 3.8) is 0 Å². The van der Waals surface area contributed by atoms with Gasteiger partial charge in [0.15, 0.2) is 0 Å². The monoisotopic (exact) mass is 229 g/mol. The molecule has 82 valence electrons. The largest absolute Gasteiger partial charge is 0.481 e. The second-order valence-corrected chi connectivity index (χ2v) is 4.30. The van der Waals surface area contributed by atoms with Gasteiger partial charge in [0.05, 0.1) is 12.1 Å². The van der Waals surface area contributed by atoms with Crippen LogP contribution in [0.15, 0.2) is 18.5 Å². The molecular weight excluding hydrogens is 217 g/mol. The van der Waals surface area contributed by atoms with Crippen LogP contribution in [0, 0.1) is 11.7 Å². The summed E-state index contributed by atoms with van der Waals surface area (Å²) >= 11 is 1.46. The van der Waals surface area contributed by atoms with E-state index in [2.05, 4.69) is 4.98 Å². The number of rotatable bonds is 5. The van der Waals surface area contributed by atoms with Gasteiger partial charge in [-0.3, -0.25) is 9.78 Å². The molecule has 1 unspecified atom stereocenters. The minimum absolute atomic E-state index is 0.362. The quantitative estimate of drug-likeness (QED) is 0.840. The highest BCUT2D eigenvalue weighted by Crippen LogP contribution is 2.15. The standard InChI is InChI=1S/C10H12FNO2S/c1-7(10(13)14)5-15-6-8-2-9(11)4-12-3-8/h2-4,7H,5-6H2,1H3,(H,13,14). The summed E-state index contributed by atoms with van der Waals surface area (Å²) in [5, 5.41) is 8.64. The van der Waals surface area contributed by atoms with Crippen LogP contribution in [0.5, 0.6) is 0 Å². The molecule has 0 aliphatic rings. The Morgan fingerprint density at radius 2 is 2.40 bits per heavy atom. The fraction of sp³-hybridized carbons (Fsp3) is 0.400. The zero-order chi connectivity index (χ0) is 11.3. The second kappa shape index (κ2) is 5.70. The Bertz CT molecular complexity index is 346. The molecule has 0 aliphatic heterocycles. The van der Waals surface area contributed by atoms with Crippen LogP contribution in [0.2, 0.25) is 0 Å². The number of thioether (sulfide) groups is 1. The van der Waals surface area contributed by atoms with Crippen molar-refractivity contribution < 1.29 is 14.3 Å². The van der Waals surface area contributed by atoms with Gasteiger partial charge in [0.25, 0.3) is 0 Å². The first-order valence-electron chi connectivity index (χ1n) is 4.49. The van der Waals surface area contributed by atoms with E-state index in [4.69, 9.17) is 5.11 Å². The Balaban J connectivity index is 2.35. The SMILES string of the molecule is CC(CSCc1cncc(F)c1)C(=O)O. The number of nitrogens with zero attached hydrogens (tertiary/aromatic N) is 1. The third-order valence-electron chi connectivity index (χ3n) is 1.82. The number of aromatic nitrogens is 1. The van der Waals surface area contributed by atoms with Gasteiger partial charge in [0, 0.05) is 17.7 Å². The summed E-state index contributed by atoms with van der Waals surface area (Å²) in [6.07, 6.45) is 2.73. The molecule has 1 heterocycles. The zero-order valence-corrected chi connectivity index (χ0v) is 9.13. The van der Waals surface area contributed by atoms with Crippen LogP contribution in [0.4, 0.5) is 4.39 Å². The number of pyridine rings is 1. The third-order valence-corrected chi connectivity index (χ3v) is 3.09. The molecule has 0 spiro atoms. The lowest BCUT2D eigenvalue weighted by molar-refractivity contribution is -0.140. The molecular formula is C10H12FNO2S.